The largest absolute Gasteiger partial charge is 0.481 e. The number of carbonyl (C=O) groups excluding carboxylic acids is 1. The van der Waals surface area contributed by atoms with E-state index in [0.29, 0.717) is 29.8 Å². The Morgan fingerprint density at radius 2 is 1.95 bits per heavy atom. The van der Waals surface area contributed by atoms with E-state index in [-0.39, 0.29) is 35.2 Å². The number of carboxylic acid groups (broad SMARTS) is 2. The van der Waals surface area contributed by atoms with Gasteiger partial charge in [-0.3, -0.25) is 9.59 Å². The lowest BCUT2D eigenvalue weighted by Crippen LogP contribution is -2.47. The average Bonchev–Trinajstić information content (AvgIpc) is 2.85. The van der Waals surface area contributed by atoms with E-state index in [4.69, 9.17) is 16.6 Å². The molecule has 1 aromatic carbocycles. The monoisotopic (exact) mass is 719 g/mol. The number of aromatic nitrogens is 2. The van der Waals surface area contributed by atoms with Gasteiger partial charge in [-0.2, -0.15) is 4.98 Å². The molecule has 0 aliphatic carbocycles. The van der Waals surface area contributed by atoms with Crippen molar-refractivity contribution in [1.29, 1.82) is 0 Å². The van der Waals surface area contributed by atoms with Crippen LogP contribution >= 0.6 is 47.8 Å². The van der Waals surface area contributed by atoms with Crippen molar-refractivity contribution in [1.82, 2.24) is 15.3 Å². The summed E-state index contributed by atoms with van der Waals surface area (Å²) in [7, 11) is 0. The van der Waals surface area contributed by atoms with Gasteiger partial charge in [0.25, 0.3) is 5.91 Å². The summed E-state index contributed by atoms with van der Waals surface area (Å²) in [5.41, 5.74) is 14.6. The summed E-state index contributed by atoms with van der Waals surface area (Å²) in [6.07, 6.45) is 0.917. The number of nitrogens with one attached hydrogen (secondary N) is 2. The fraction of sp³-hybridized carbons (Fsp3) is 0.435. The number of amides is 1. The highest BCUT2D eigenvalue weighted by molar-refractivity contribution is 9.12. The third-order valence-corrected chi connectivity index (χ3v) is 8.93. The van der Waals surface area contributed by atoms with Crippen molar-refractivity contribution < 1.29 is 24.6 Å². The third kappa shape index (κ3) is 7.69. The fourth-order valence-corrected chi connectivity index (χ4v) is 5.21. The van der Waals surface area contributed by atoms with Crippen molar-refractivity contribution >= 4 is 88.8 Å². The first-order chi connectivity index (χ1) is 18.0. The summed E-state index contributed by atoms with van der Waals surface area (Å²) in [5, 5.41) is 24.6. The number of benzene rings is 1. The van der Waals surface area contributed by atoms with Crippen molar-refractivity contribution in [2.45, 2.75) is 42.6 Å². The number of nitrogens with zero attached hydrogens (tertiary/aromatic N) is 3. The molecule has 15 heteroatoms. The molecule has 2 aromatic rings. The van der Waals surface area contributed by atoms with Crippen LogP contribution in [0.15, 0.2) is 22.7 Å². The number of carboxylic acids is 2. The Morgan fingerprint density at radius 3 is 2.58 bits per heavy atom. The Kier molecular flexibility index (Phi) is 10.6. The van der Waals surface area contributed by atoms with Gasteiger partial charge in [0.1, 0.15) is 11.7 Å². The van der Waals surface area contributed by atoms with Crippen LogP contribution in [0.4, 0.5) is 23.1 Å². The maximum atomic E-state index is 12.6. The van der Waals surface area contributed by atoms with E-state index in [1.54, 1.807) is 18.2 Å². The Balaban J connectivity index is 1.72. The van der Waals surface area contributed by atoms with Gasteiger partial charge >= 0.3 is 11.9 Å². The van der Waals surface area contributed by atoms with Gasteiger partial charge in [-0.1, -0.05) is 31.9 Å². The summed E-state index contributed by atoms with van der Waals surface area (Å²) >= 11 is 10.7. The molecular formula is C23H28Br3N7O5. The van der Waals surface area contributed by atoms with Crippen LogP contribution in [-0.4, -0.2) is 73.4 Å². The van der Waals surface area contributed by atoms with Crippen molar-refractivity contribution in [2.24, 2.45) is 0 Å². The van der Waals surface area contributed by atoms with Gasteiger partial charge in [0.05, 0.1) is 5.69 Å². The molecule has 3 rings (SSSR count). The van der Waals surface area contributed by atoms with Gasteiger partial charge in [0.15, 0.2) is 5.82 Å². The number of aryl methyl sites for hydroxylation is 1. The fourth-order valence-electron chi connectivity index (χ4n) is 4.18. The highest BCUT2D eigenvalue weighted by Gasteiger charge is 2.31. The lowest BCUT2D eigenvalue weighted by molar-refractivity contribution is -0.140. The van der Waals surface area contributed by atoms with Gasteiger partial charge in [0.2, 0.25) is 5.95 Å². The molecule has 0 radical (unpaired) electrons. The Bertz CT molecular complexity index is 1200. The molecule has 1 aromatic heterocycles. The molecule has 38 heavy (non-hydrogen) atoms. The van der Waals surface area contributed by atoms with Crippen molar-refractivity contribution in [3.05, 3.63) is 33.9 Å². The number of anilines is 4. The minimum Gasteiger partial charge on any atom is -0.481 e. The number of halogens is 3. The molecule has 0 spiro atoms. The third-order valence-electron chi connectivity index (χ3n) is 6.01. The van der Waals surface area contributed by atoms with E-state index in [0.717, 1.165) is 28.8 Å². The highest BCUT2D eigenvalue weighted by atomic mass is 79.9. The standard InChI is InChI=1S/C23H28Br3N7O5/c24-8-12(25)10-33-13(2-4-16-19(33)20(27)32-23(28)31-16)9-29-15-3-1-11(7-14(15)26)21(36)30-17(22(37)38)5-6-18(34)35/h1,3,7,12-13,17,29H,2,4-6,8-10H2,(H,30,36)(H,34,35)(H,37,38)(H4,27,28,31,32)/t12?,13?,17-/m0/s1. The number of hydrogen-bond donors (Lipinski definition) is 6. The summed E-state index contributed by atoms with van der Waals surface area (Å²) in [6.45, 7) is 1.22. The Morgan fingerprint density at radius 1 is 1.21 bits per heavy atom. The molecule has 206 valence electrons. The van der Waals surface area contributed by atoms with Gasteiger partial charge in [-0.05, 0) is 53.4 Å². The maximum Gasteiger partial charge on any atom is 0.326 e. The minimum absolute atomic E-state index is 0.0663. The van der Waals surface area contributed by atoms with E-state index in [2.05, 4.69) is 73.3 Å². The minimum atomic E-state index is -1.31. The first-order valence-electron chi connectivity index (χ1n) is 11.7. The second kappa shape index (κ2) is 13.4. The number of aliphatic carboxylic acids is 2. The molecule has 0 saturated heterocycles. The maximum absolute atomic E-state index is 12.6. The molecule has 1 aliphatic heterocycles. The van der Waals surface area contributed by atoms with E-state index in [9.17, 15) is 19.5 Å². The topological polar surface area (TPSA) is 197 Å². The second-order valence-electron chi connectivity index (χ2n) is 8.73. The molecular weight excluding hydrogens is 694 g/mol. The predicted octanol–water partition coefficient (Wildman–Crippen LogP) is 2.84. The van der Waals surface area contributed by atoms with E-state index in [1.165, 1.54) is 0 Å². The number of alkyl halides is 2. The normalized spacial score (nSPS) is 16.3. The van der Waals surface area contributed by atoms with Crippen LogP contribution in [0, 0.1) is 0 Å². The summed E-state index contributed by atoms with van der Waals surface area (Å²) in [5.74, 6) is -2.56. The van der Waals surface area contributed by atoms with Crippen LogP contribution in [-0.2, 0) is 16.0 Å². The van der Waals surface area contributed by atoms with Crippen LogP contribution in [0.25, 0.3) is 0 Å². The van der Waals surface area contributed by atoms with Gasteiger partial charge in [0, 0.05) is 51.4 Å². The van der Waals surface area contributed by atoms with Crippen LogP contribution in [0.1, 0.15) is 35.3 Å². The molecule has 1 amide bonds. The Labute approximate surface area is 244 Å². The number of fused-ring (bicyclic) bond motifs is 1. The van der Waals surface area contributed by atoms with Crippen LogP contribution in [0.2, 0.25) is 0 Å². The lowest BCUT2D eigenvalue weighted by atomic mass is 9.99. The van der Waals surface area contributed by atoms with Crippen LogP contribution < -0.4 is 27.0 Å². The van der Waals surface area contributed by atoms with Crippen LogP contribution in [0.3, 0.4) is 0 Å². The lowest BCUT2D eigenvalue weighted by Gasteiger charge is -2.40. The molecule has 2 unspecified atom stereocenters. The van der Waals surface area contributed by atoms with Crippen molar-refractivity contribution in [2.75, 3.05) is 40.1 Å². The second-order valence-corrected chi connectivity index (χ2v) is 11.5. The molecule has 2 heterocycles. The molecule has 1 aliphatic rings. The number of hydrogen-bond acceptors (Lipinski definition) is 9. The highest BCUT2D eigenvalue weighted by Crippen LogP contribution is 2.35. The SMILES string of the molecule is Nc1nc(N)c2c(n1)CCC(CNc1ccc(C(=O)N[C@@H](CCC(=O)O)C(=O)O)cc1Br)N2CC(Br)CBr. The van der Waals surface area contributed by atoms with Gasteiger partial charge in [-0.25, -0.2) is 9.78 Å². The number of nitrogens with two attached hydrogens (primary N) is 2. The first kappa shape index (κ1) is 29.9. The van der Waals surface area contributed by atoms with E-state index >= 15 is 0 Å². The smallest absolute Gasteiger partial charge is 0.326 e. The summed E-state index contributed by atoms with van der Waals surface area (Å²) in [4.78, 5) is 45.7. The zero-order chi connectivity index (χ0) is 28.0. The van der Waals surface area contributed by atoms with Gasteiger partial charge < -0.3 is 37.2 Å². The average molecular weight is 722 g/mol. The van der Waals surface area contributed by atoms with Gasteiger partial charge in [-0.15, -0.1) is 0 Å². The molecule has 0 fully saturated rings. The van der Waals surface area contributed by atoms with E-state index < -0.39 is 23.9 Å². The quantitative estimate of drug-likeness (QED) is 0.176. The molecule has 3 atom stereocenters. The number of rotatable bonds is 12. The summed E-state index contributed by atoms with van der Waals surface area (Å²) < 4.78 is 0.611. The molecule has 0 bridgehead atoms. The van der Waals surface area contributed by atoms with Crippen molar-refractivity contribution in [3.8, 4) is 0 Å². The zero-order valence-corrected chi connectivity index (χ0v) is 24.9. The molecule has 12 nitrogen and oxygen atoms in total. The Hall–Kier alpha value is -2.65. The number of carbonyl (C=O) groups is 3. The number of nitrogen functional groups attached to an aromatic ring is 2. The summed E-state index contributed by atoms with van der Waals surface area (Å²) in [6, 6.07) is 3.63. The van der Waals surface area contributed by atoms with Crippen molar-refractivity contribution in [3.63, 3.8) is 0 Å². The molecule has 8 N–H and O–H groups in total. The molecule has 0 saturated carbocycles. The van der Waals surface area contributed by atoms with Crippen LogP contribution in [0.5, 0.6) is 0 Å². The first-order valence-corrected chi connectivity index (χ1v) is 14.5. The predicted molar refractivity (Wildman–Crippen MR) is 155 cm³/mol. The zero-order valence-electron chi connectivity index (χ0n) is 20.2. The van der Waals surface area contributed by atoms with E-state index in [1.807, 2.05) is 0 Å².